The van der Waals surface area contributed by atoms with Gasteiger partial charge in [0.2, 0.25) is 5.91 Å². The Kier molecular flexibility index (Phi) is 2.55. The number of nitrogens with zero attached hydrogens (tertiary/aromatic N) is 2. The molecular weight excluding hydrogens is 216 g/mol. The topological polar surface area (TPSA) is 53.3 Å². The third-order valence-corrected chi connectivity index (χ3v) is 3.37. The minimum absolute atomic E-state index is 0.0395. The van der Waals surface area contributed by atoms with Gasteiger partial charge >= 0.3 is 0 Å². The number of nitriles is 1. The molecule has 1 aliphatic rings. The summed E-state index contributed by atoms with van der Waals surface area (Å²) >= 11 is 0. The lowest BCUT2D eigenvalue weighted by molar-refractivity contribution is -0.122. The zero-order valence-corrected chi connectivity index (χ0v) is 10.2. The lowest BCUT2D eigenvalue weighted by Gasteiger charge is -2.19. The number of carbonyl (C=O) groups is 1. The van der Waals surface area contributed by atoms with Crippen LogP contribution in [0.5, 0.6) is 5.75 Å². The standard InChI is InChI=1S/C13H14N2O2/c1-13(6-7-14)10-8-9(17-3)4-5-11(10)15(2)12(13)16/h4-5,8H,6H2,1-3H3/t13-/m0/s1. The Hall–Kier alpha value is -2.02. The van der Waals surface area contributed by atoms with Crippen LogP contribution in [-0.4, -0.2) is 20.1 Å². The number of amides is 1. The maximum atomic E-state index is 12.2. The van der Waals surface area contributed by atoms with Crippen molar-refractivity contribution >= 4 is 11.6 Å². The van der Waals surface area contributed by atoms with Gasteiger partial charge < -0.3 is 9.64 Å². The average Bonchev–Trinajstić information content (AvgIpc) is 2.52. The first-order chi connectivity index (χ1) is 8.04. The molecule has 0 radical (unpaired) electrons. The molecule has 1 atom stereocenters. The monoisotopic (exact) mass is 230 g/mol. The number of methoxy groups -OCH3 is 1. The minimum atomic E-state index is -0.757. The SMILES string of the molecule is COc1ccc2c(c1)[C@](C)(CC#N)C(=O)N2C. The predicted molar refractivity (Wildman–Crippen MR) is 64.0 cm³/mol. The Bertz CT molecular complexity index is 519. The second kappa shape index (κ2) is 3.77. The van der Waals surface area contributed by atoms with Crippen molar-refractivity contribution in [3.05, 3.63) is 23.8 Å². The van der Waals surface area contributed by atoms with Crippen LogP contribution in [0.3, 0.4) is 0 Å². The van der Waals surface area contributed by atoms with E-state index in [-0.39, 0.29) is 12.3 Å². The molecule has 0 saturated carbocycles. The molecule has 1 aliphatic heterocycles. The van der Waals surface area contributed by atoms with Crippen LogP contribution in [0.4, 0.5) is 5.69 Å². The zero-order valence-electron chi connectivity index (χ0n) is 10.2. The molecule has 0 aliphatic carbocycles. The number of benzene rings is 1. The predicted octanol–water partition coefficient (Wildman–Crippen LogP) is 1.84. The van der Waals surface area contributed by atoms with Gasteiger partial charge in [-0.2, -0.15) is 5.26 Å². The van der Waals surface area contributed by atoms with E-state index in [1.165, 1.54) is 0 Å². The number of anilines is 1. The zero-order chi connectivity index (χ0) is 12.6. The molecule has 0 saturated heterocycles. The Labute approximate surface area is 100 Å². The van der Waals surface area contributed by atoms with Crippen LogP contribution in [0.25, 0.3) is 0 Å². The van der Waals surface area contributed by atoms with Gasteiger partial charge in [0, 0.05) is 12.7 Å². The van der Waals surface area contributed by atoms with Crippen LogP contribution in [0, 0.1) is 11.3 Å². The van der Waals surface area contributed by atoms with Crippen molar-refractivity contribution in [3.8, 4) is 11.8 Å². The van der Waals surface area contributed by atoms with Crippen LogP contribution < -0.4 is 9.64 Å². The van der Waals surface area contributed by atoms with Crippen LogP contribution in [0.1, 0.15) is 18.9 Å². The highest BCUT2D eigenvalue weighted by Gasteiger charge is 2.46. The molecule has 88 valence electrons. The summed E-state index contributed by atoms with van der Waals surface area (Å²) in [7, 11) is 3.32. The van der Waals surface area contributed by atoms with Crippen molar-refractivity contribution in [2.45, 2.75) is 18.8 Å². The number of hydrogen-bond acceptors (Lipinski definition) is 3. The fourth-order valence-corrected chi connectivity index (χ4v) is 2.30. The highest BCUT2D eigenvalue weighted by atomic mass is 16.5. The molecule has 2 rings (SSSR count). The smallest absolute Gasteiger partial charge is 0.238 e. The molecule has 0 unspecified atom stereocenters. The second-order valence-electron chi connectivity index (χ2n) is 4.41. The molecule has 0 spiro atoms. The van der Waals surface area contributed by atoms with Gasteiger partial charge in [-0.05, 0) is 30.7 Å². The normalized spacial score (nSPS) is 22.2. The number of fused-ring (bicyclic) bond motifs is 1. The van der Waals surface area contributed by atoms with Crippen LogP contribution in [0.15, 0.2) is 18.2 Å². The van der Waals surface area contributed by atoms with Crippen LogP contribution in [0.2, 0.25) is 0 Å². The Morgan fingerprint density at radius 1 is 1.53 bits per heavy atom. The molecule has 0 bridgehead atoms. The second-order valence-corrected chi connectivity index (χ2v) is 4.41. The van der Waals surface area contributed by atoms with E-state index in [2.05, 4.69) is 6.07 Å². The van der Waals surface area contributed by atoms with Gasteiger partial charge in [0.05, 0.1) is 25.0 Å². The summed E-state index contributed by atoms with van der Waals surface area (Å²) in [5.74, 6) is 0.665. The molecule has 0 fully saturated rings. The Morgan fingerprint density at radius 3 is 2.82 bits per heavy atom. The van der Waals surface area contributed by atoms with Gasteiger partial charge in [-0.25, -0.2) is 0 Å². The van der Waals surface area contributed by atoms with E-state index < -0.39 is 5.41 Å². The molecule has 1 heterocycles. The first-order valence-electron chi connectivity index (χ1n) is 5.38. The quantitative estimate of drug-likeness (QED) is 0.779. The first-order valence-corrected chi connectivity index (χ1v) is 5.38. The summed E-state index contributed by atoms with van der Waals surface area (Å²) in [6, 6.07) is 7.61. The number of ether oxygens (including phenoxy) is 1. The van der Waals surface area contributed by atoms with Crippen molar-refractivity contribution in [3.63, 3.8) is 0 Å². The van der Waals surface area contributed by atoms with E-state index in [9.17, 15) is 4.79 Å². The van der Waals surface area contributed by atoms with Crippen LogP contribution in [-0.2, 0) is 10.2 Å². The lowest BCUT2D eigenvalue weighted by atomic mass is 9.81. The van der Waals surface area contributed by atoms with Gasteiger partial charge in [-0.3, -0.25) is 4.79 Å². The number of hydrogen-bond donors (Lipinski definition) is 0. The molecule has 17 heavy (non-hydrogen) atoms. The third kappa shape index (κ3) is 1.47. The molecule has 1 aromatic carbocycles. The molecule has 0 aromatic heterocycles. The summed E-state index contributed by atoms with van der Waals surface area (Å²) in [4.78, 5) is 13.8. The third-order valence-electron chi connectivity index (χ3n) is 3.37. The van der Waals surface area contributed by atoms with Gasteiger partial charge in [-0.15, -0.1) is 0 Å². The Balaban J connectivity index is 2.62. The summed E-state index contributed by atoms with van der Waals surface area (Å²) in [6.07, 6.45) is 0.177. The van der Waals surface area contributed by atoms with Crippen molar-refractivity contribution in [1.29, 1.82) is 5.26 Å². The van der Waals surface area contributed by atoms with E-state index in [0.717, 1.165) is 11.3 Å². The van der Waals surface area contributed by atoms with E-state index in [0.29, 0.717) is 5.75 Å². The number of rotatable bonds is 2. The minimum Gasteiger partial charge on any atom is -0.497 e. The first kappa shape index (κ1) is 11.5. The van der Waals surface area contributed by atoms with Crippen LogP contribution >= 0.6 is 0 Å². The molecule has 4 heteroatoms. The molecule has 0 N–H and O–H groups in total. The summed E-state index contributed by atoms with van der Waals surface area (Å²) < 4.78 is 5.17. The Morgan fingerprint density at radius 2 is 2.24 bits per heavy atom. The highest BCUT2D eigenvalue weighted by molar-refractivity contribution is 6.07. The van der Waals surface area contributed by atoms with Crippen molar-refractivity contribution < 1.29 is 9.53 Å². The maximum absolute atomic E-state index is 12.2. The van der Waals surface area contributed by atoms with Gasteiger partial charge in [0.15, 0.2) is 0 Å². The van der Waals surface area contributed by atoms with Crippen molar-refractivity contribution in [2.75, 3.05) is 19.1 Å². The van der Waals surface area contributed by atoms with E-state index in [1.807, 2.05) is 18.2 Å². The molecule has 1 aromatic rings. The van der Waals surface area contributed by atoms with Gasteiger partial charge in [0.25, 0.3) is 0 Å². The lowest BCUT2D eigenvalue weighted by Crippen LogP contribution is -2.35. The van der Waals surface area contributed by atoms with Crippen molar-refractivity contribution in [2.24, 2.45) is 0 Å². The summed E-state index contributed by atoms with van der Waals surface area (Å²) in [5.41, 5.74) is 0.965. The fraction of sp³-hybridized carbons (Fsp3) is 0.385. The molecule has 1 amide bonds. The van der Waals surface area contributed by atoms with Crippen molar-refractivity contribution in [1.82, 2.24) is 0 Å². The average molecular weight is 230 g/mol. The number of carbonyl (C=O) groups excluding carboxylic acids is 1. The van der Waals surface area contributed by atoms with Gasteiger partial charge in [-0.1, -0.05) is 0 Å². The number of likely N-dealkylation sites (N-methyl/N-ethyl adjacent to an activating group) is 1. The fourth-order valence-electron chi connectivity index (χ4n) is 2.30. The highest BCUT2D eigenvalue weighted by Crippen LogP contribution is 2.44. The largest absolute Gasteiger partial charge is 0.497 e. The summed E-state index contributed by atoms with van der Waals surface area (Å²) in [5, 5.41) is 8.90. The van der Waals surface area contributed by atoms with E-state index in [4.69, 9.17) is 10.00 Å². The molecular formula is C13H14N2O2. The summed E-state index contributed by atoms with van der Waals surface area (Å²) in [6.45, 7) is 1.81. The van der Waals surface area contributed by atoms with E-state index >= 15 is 0 Å². The van der Waals surface area contributed by atoms with Gasteiger partial charge in [0.1, 0.15) is 5.75 Å². The van der Waals surface area contributed by atoms with E-state index in [1.54, 1.807) is 26.0 Å². The molecule has 4 nitrogen and oxygen atoms in total. The maximum Gasteiger partial charge on any atom is 0.238 e.